The van der Waals surface area contributed by atoms with Gasteiger partial charge in [0.15, 0.2) is 0 Å². The Labute approximate surface area is 170 Å². The Balaban J connectivity index is 1.82. The number of sulfonamides is 1. The molecule has 7 heteroatoms. The summed E-state index contributed by atoms with van der Waals surface area (Å²) in [5.41, 5.74) is 2.88. The molecule has 2 heterocycles. The number of aryl methyl sites for hydroxylation is 1. The number of fused-ring (bicyclic) bond motifs is 2. The van der Waals surface area contributed by atoms with Crippen molar-refractivity contribution < 1.29 is 17.9 Å². The monoisotopic (exact) mass is 412 g/mol. The van der Waals surface area contributed by atoms with Gasteiger partial charge in [-0.1, -0.05) is 29.8 Å². The van der Waals surface area contributed by atoms with Crippen LogP contribution >= 0.6 is 0 Å². The average Bonchev–Trinajstić information content (AvgIpc) is 3.08. The van der Waals surface area contributed by atoms with Crippen molar-refractivity contribution >= 4 is 26.9 Å². The second-order valence-electron chi connectivity index (χ2n) is 8.41. The molecule has 1 aliphatic rings. The molecule has 0 fully saturated rings. The first-order chi connectivity index (χ1) is 13.5. The highest BCUT2D eigenvalue weighted by Gasteiger charge is 2.36. The molecule has 29 heavy (non-hydrogen) atoms. The van der Waals surface area contributed by atoms with Crippen LogP contribution < -0.4 is 4.72 Å². The first kappa shape index (κ1) is 19.7. The van der Waals surface area contributed by atoms with E-state index >= 15 is 0 Å². The van der Waals surface area contributed by atoms with Crippen LogP contribution in [0.3, 0.4) is 0 Å². The lowest BCUT2D eigenvalue weighted by molar-refractivity contribution is -0.155. The molecule has 0 amide bonds. The van der Waals surface area contributed by atoms with E-state index in [-0.39, 0.29) is 12.5 Å². The van der Waals surface area contributed by atoms with Gasteiger partial charge in [0.25, 0.3) is 0 Å². The molecule has 0 aliphatic carbocycles. The standard InChI is InChI=1S/C22H24N2O4S/c1-14-9-10-18-16(11-14)17(12-24(18)13-20(25)28-22(2,3)4)21-15-7-5-6-8-19(15)29(26,27)23-21/h5-12,21,23H,13H2,1-4H3. The van der Waals surface area contributed by atoms with Crippen LogP contribution in [0, 0.1) is 6.92 Å². The normalized spacial score (nSPS) is 18.0. The highest BCUT2D eigenvalue weighted by atomic mass is 32.2. The summed E-state index contributed by atoms with van der Waals surface area (Å²) in [4.78, 5) is 12.7. The Morgan fingerprint density at radius 3 is 2.59 bits per heavy atom. The fourth-order valence-corrected chi connectivity index (χ4v) is 5.23. The van der Waals surface area contributed by atoms with Gasteiger partial charge in [0, 0.05) is 22.7 Å². The van der Waals surface area contributed by atoms with E-state index in [2.05, 4.69) is 4.72 Å². The van der Waals surface area contributed by atoms with E-state index in [1.54, 1.807) is 12.1 Å². The molecular formula is C22H24N2O4S. The van der Waals surface area contributed by atoms with Gasteiger partial charge in [0.2, 0.25) is 10.0 Å². The molecule has 0 spiro atoms. The van der Waals surface area contributed by atoms with Crippen molar-refractivity contribution in [1.29, 1.82) is 0 Å². The molecule has 2 aromatic carbocycles. The molecule has 152 valence electrons. The quantitative estimate of drug-likeness (QED) is 0.666. The molecule has 1 aromatic heterocycles. The van der Waals surface area contributed by atoms with E-state index in [0.717, 1.165) is 22.0 Å². The van der Waals surface area contributed by atoms with Crippen molar-refractivity contribution in [2.45, 2.75) is 50.8 Å². The Kier molecular flexibility index (Phi) is 4.55. The minimum Gasteiger partial charge on any atom is -0.459 e. The number of nitrogens with one attached hydrogen (secondary N) is 1. The van der Waals surface area contributed by atoms with E-state index < -0.39 is 21.7 Å². The highest BCUT2D eigenvalue weighted by molar-refractivity contribution is 7.89. The maximum absolute atomic E-state index is 12.6. The predicted molar refractivity (Wildman–Crippen MR) is 111 cm³/mol. The number of aromatic nitrogens is 1. The third kappa shape index (κ3) is 3.68. The van der Waals surface area contributed by atoms with Crippen molar-refractivity contribution in [3.63, 3.8) is 0 Å². The maximum Gasteiger partial charge on any atom is 0.326 e. The summed E-state index contributed by atoms with van der Waals surface area (Å²) in [5, 5.41) is 0.915. The first-order valence-electron chi connectivity index (χ1n) is 9.48. The number of carbonyl (C=O) groups excluding carboxylic acids is 1. The fraction of sp³-hybridized carbons (Fsp3) is 0.318. The molecule has 1 unspecified atom stereocenters. The zero-order valence-electron chi connectivity index (χ0n) is 16.9. The van der Waals surface area contributed by atoms with E-state index in [0.29, 0.717) is 10.5 Å². The van der Waals surface area contributed by atoms with Crippen molar-refractivity contribution in [3.05, 3.63) is 65.4 Å². The Hall–Kier alpha value is -2.64. The summed E-state index contributed by atoms with van der Waals surface area (Å²) in [6.07, 6.45) is 1.85. The fourth-order valence-electron chi connectivity index (χ4n) is 3.79. The first-order valence-corrected chi connectivity index (χ1v) is 11.0. The molecule has 0 radical (unpaired) electrons. The summed E-state index contributed by atoms with van der Waals surface area (Å²) in [7, 11) is -3.57. The summed E-state index contributed by atoms with van der Waals surface area (Å²) >= 11 is 0. The van der Waals surface area contributed by atoms with Crippen LogP contribution in [0.4, 0.5) is 0 Å². The van der Waals surface area contributed by atoms with Crippen LogP contribution in [0.2, 0.25) is 0 Å². The van der Waals surface area contributed by atoms with Gasteiger partial charge >= 0.3 is 5.97 Å². The lowest BCUT2D eigenvalue weighted by Gasteiger charge is -2.19. The molecule has 4 rings (SSSR count). The minimum absolute atomic E-state index is 0.0535. The number of carbonyl (C=O) groups is 1. The second-order valence-corrected chi connectivity index (χ2v) is 10.1. The molecule has 1 aliphatic heterocycles. The Bertz CT molecular complexity index is 1220. The molecular weight excluding hydrogens is 388 g/mol. The zero-order valence-corrected chi connectivity index (χ0v) is 17.7. The van der Waals surface area contributed by atoms with Crippen molar-refractivity contribution in [1.82, 2.24) is 9.29 Å². The molecule has 0 saturated carbocycles. The minimum atomic E-state index is -3.57. The van der Waals surface area contributed by atoms with Crippen LogP contribution in [0.25, 0.3) is 10.9 Å². The van der Waals surface area contributed by atoms with Gasteiger partial charge in [-0.05, 0) is 51.5 Å². The van der Waals surface area contributed by atoms with Gasteiger partial charge < -0.3 is 9.30 Å². The van der Waals surface area contributed by atoms with Gasteiger partial charge in [-0.25, -0.2) is 8.42 Å². The molecule has 0 bridgehead atoms. The predicted octanol–water partition coefficient (Wildman–Crippen LogP) is 3.67. The molecule has 1 atom stereocenters. The molecule has 1 N–H and O–H groups in total. The highest BCUT2D eigenvalue weighted by Crippen LogP contribution is 2.39. The van der Waals surface area contributed by atoms with E-state index in [1.165, 1.54) is 0 Å². The zero-order chi connectivity index (χ0) is 21.0. The van der Waals surface area contributed by atoms with Gasteiger partial charge in [0.05, 0.1) is 10.9 Å². The smallest absolute Gasteiger partial charge is 0.326 e. The third-order valence-electron chi connectivity index (χ3n) is 4.89. The maximum atomic E-state index is 12.6. The van der Waals surface area contributed by atoms with Crippen LogP contribution in [0.5, 0.6) is 0 Å². The van der Waals surface area contributed by atoms with E-state index in [4.69, 9.17) is 4.74 Å². The topological polar surface area (TPSA) is 77.4 Å². The van der Waals surface area contributed by atoms with Crippen LogP contribution in [0.15, 0.2) is 53.6 Å². The number of hydrogen-bond donors (Lipinski definition) is 1. The molecule has 0 saturated heterocycles. The van der Waals surface area contributed by atoms with Crippen LogP contribution in [0.1, 0.15) is 43.5 Å². The largest absolute Gasteiger partial charge is 0.459 e. The number of benzene rings is 2. The lowest BCUT2D eigenvalue weighted by Crippen LogP contribution is -2.26. The Morgan fingerprint density at radius 2 is 1.86 bits per heavy atom. The molecule has 6 nitrogen and oxygen atoms in total. The van der Waals surface area contributed by atoms with E-state index in [1.807, 2.05) is 68.8 Å². The van der Waals surface area contributed by atoms with E-state index in [9.17, 15) is 13.2 Å². The SMILES string of the molecule is Cc1ccc2c(c1)c(C1NS(=O)(=O)c3ccccc31)cn2CC(=O)OC(C)(C)C. The summed E-state index contributed by atoms with van der Waals surface area (Å²) in [5.74, 6) is -0.339. The number of hydrogen-bond acceptors (Lipinski definition) is 4. The van der Waals surface area contributed by atoms with Crippen molar-refractivity contribution in [2.75, 3.05) is 0 Å². The summed E-state index contributed by atoms with van der Waals surface area (Å²) in [6, 6.07) is 12.4. The van der Waals surface area contributed by atoms with Gasteiger partial charge in [0.1, 0.15) is 12.1 Å². The van der Waals surface area contributed by atoms with Crippen LogP contribution in [-0.2, 0) is 26.1 Å². The van der Waals surface area contributed by atoms with Gasteiger partial charge in [-0.15, -0.1) is 0 Å². The Morgan fingerprint density at radius 1 is 1.14 bits per heavy atom. The van der Waals surface area contributed by atoms with Gasteiger partial charge in [-0.2, -0.15) is 4.72 Å². The number of ether oxygens (including phenoxy) is 1. The van der Waals surface area contributed by atoms with Crippen molar-refractivity contribution in [3.8, 4) is 0 Å². The summed E-state index contributed by atoms with van der Waals surface area (Å²) < 4.78 is 35.2. The molecule has 3 aromatic rings. The summed E-state index contributed by atoms with van der Waals surface area (Å²) in [6.45, 7) is 7.53. The second kappa shape index (κ2) is 6.71. The number of nitrogens with zero attached hydrogens (tertiary/aromatic N) is 1. The third-order valence-corrected chi connectivity index (χ3v) is 6.39. The van der Waals surface area contributed by atoms with Crippen LogP contribution in [-0.4, -0.2) is 24.6 Å². The van der Waals surface area contributed by atoms with Gasteiger partial charge in [-0.3, -0.25) is 4.79 Å². The number of rotatable bonds is 3. The van der Waals surface area contributed by atoms with Crippen molar-refractivity contribution in [2.24, 2.45) is 0 Å². The average molecular weight is 413 g/mol. The number of esters is 1. The lowest BCUT2D eigenvalue weighted by atomic mass is 9.98.